The highest BCUT2D eigenvalue weighted by atomic mass is 32.2. The molecule has 0 saturated carbocycles. The van der Waals surface area contributed by atoms with Gasteiger partial charge in [0.15, 0.2) is 0 Å². The van der Waals surface area contributed by atoms with Gasteiger partial charge in [-0.25, -0.2) is 8.93 Å². The summed E-state index contributed by atoms with van der Waals surface area (Å²) in [5, 5.41) is 0. The summed E-state index contributed by atoms with van der Waals surface area (Å²) in [7, 11) is 0. The zero-order valence-corrected chi connectivity index (χ0v) is 10.1. The Morgan fingerprint density at radius 3 is 2.43 bits per heavy atom. The van der Waals surface area contributed by atoms with Gasteiger partial charge in [-0.05, 0) is 18.8 Å². The molecule has 0 aromatic rings. The molecule has 0 fully saturated rings. The lowest BCUT2D eigenvalue weighted by molar-refractivity contribution is 0.416. The zero-order valence-electron chi connectivity index (χ0n) is 9.29. The van der Waals surface area contributed by atoms with E-state index in [2.05, 4.69) is 18.6 Å². The molecule has 0 aromatic carbocycles. The number of rotatable bonds is 9. The van der Waals surface area contributed by atoms with Crippen LogP contribution in [0.1, 0.15) is 52.4 Å². The first-order valence-corrected chi connectivity index (χ1v) is 6.65. The van der Waals surface area contributed by atoms with Gasteiger partial charge < -0.3 is 0 Å². The Kier molecular flexibility index (Phi) is 9.67. The minimum atomic E-state index is -1.85. The van der Waals surface area contributed by atoms with E-state index in [0.29, 0.717) is 12.5 Å². The highest BCUT2D eigenvalue weighted by Gasteiger charge is 2.07. The van der Waals surface area contributed by atoms with Crippen LogP contribution >= 0.6 is 0 Å². The molecule has 0 aromatic heterocycles. The number of hydrogen-bond acceptors (Lipinski definition) is 1. The third kappa shape index (κ3) is 8.66. The van der Waals surface area contributed by atoms with Gasteiger partial charge in [0.05, 0.1) is 0 Å². The summed E-state index contributed by atoms with van der Waals surface area (Å²) < 4.78 is 21.6. The van der Waals surface area contributed by atoms with Gasteiger partial charge in [0.2, 0.25) is 11.3 Å². The average molecular weight is 221 g/mol. The second-order valence-electron chi connectivity index (χ2n) is 3.75. The number of unbranched alkanes of at least 4 members (excludes halogenated alkanes) is 2. The molecule has 0 saturated heterocycles. The van der Waals surface area contributed by atoms with Crippen LogP contribution in [0.5, 0.6) is 0 Å². The maximum atomic E-state index is 10.4. The standard InChI is InChI=1S/C10H23NO2S/c1-3-5-6-8-10(7-4-2)9-11-14(12)13/h10-11H,3-9H2,1-2H3,(H,12,13). The molecule has 2 atom stereocenters. The lowest BCUT2D eigenvalue weighted by Gasteiger charge is -2.14. The van der Waals surface area contributed by atoms with Gasteiger partial charge in [-0.3, -0.25) is 4.55 Å². The summed E-state index contributed by atoms with van der Waals surface area (Å²) >= 11 is -1.85. The molecule has 3 nitrogen and oxygen atoms in total. The molecular weight excluding hydrogens is 198 g/mol. The zero-order chi connectivity index (χ0) is 10.8. The van der Waals surface area contributed by atoms with Crippen LogP contribution in [0.25, 0.3) is 0 Å². The van der Waals surface area contributed by atoms with Gasteiger partial charge in [-0.2, -0.15) is 0 Å². The Hall–Kier alpha value is 0.0700. The predicted octanol–water partition coefficient (Wildman–Crippen LogP) is 2.71. The van der Waals surface area contributed by atoms with E-state index < -0.39 is 11.3 Å². The van der Waals surface area contributed by atoms with Gasteiger partial charge in [0.1, 0.15) is 0 Å². The van der Waals surface area contributed by atoms with Crippen molar-refractivity contribution in [1.82, 2.24) is 4.72 Å². The van der Waals surface area contributed by atoms with Gasteiger partial charge in [-0.15, -0.1) is 0 Å². The Balaban J connectivity index is 3.59. The van der Waals surface area contributed by atoms with E-state index in [0.717, 1.165) is 12.8 Å². The van der Waals surface area contributed by atoms with Crippen LogP contribution in [0, 0.1) is 5.92 Å². The largest absolute Gasteiger partial charge is 0.294 e. The van der Waals surface area contributed by atoms with Gasteiger partial charge in [0, 0.05) is 6.54 Å². The van der Waals surface area contributed by atoms with Crippen molar-refractivity contribution < 1.29 is 8.76 Å². The van der Waals surface area contributed by atoms with Crippen molar-refractivity contribution in [3.05, 3.63) is 0 Å². The lowest BCUT2D eigenvalue weighted by Crippen LogP contribution is -2.24. The first-order chi connectivity index (χ1) is 6.70. The Morgan fingerprint density at radius 1 is 1.21 bits per heavy atom. The third-order valence-electron chi connectivity index (χ3n) is 2.41. The fraction of sp³-hybridized carbons (Fsp3) is 1.00. The lowest BCUT2D eigenvalue weighted by atomic mass is 9.97. The van der Waals surface area contributed by atoms with Crippen molar-refractivity contribution in [2.75, 3.05) is 6.54 Å². The smallest absolute Gasteiger partial charge is 0.231 e. The molecule has 86 valence electrons. The van der Waals surface area contributed by atoms with Gasteiger partial charge in [0.25, 0.3) is 0 Å². The van der Waals surface area contributed by atoms with E-state index in [1.165, 1.54) is 25.7 Å². The minimum absolute atomic E-state index is 0.558. The third-order valence-corrected chi connectivity index (χ3v) is 2.82. The van der Waals surface area contributed by atoms with Crippen molar-refractivity contribution >= 4 is 11.3 Å². The molecule has 4 heteroatoms. The average Bonchev–Trinajstić information content (AvgIpc) is 2.14. The first kappa shape index (κ1) is 14.1. The highest BCUT2D eigenvalue weighted by Crippen LogP contribution is 2.14. The quantitative estimate of drug-likeness (QED) is 0.464. The Bertz CT molecular complexity index is 153. The van der Waals surface area contributed by atoms with E-state index in [4.69, 9.17) is 4.55 Å². The second kappa shape index (κ2) is 9.62. The number of hydrogen-bond donors (Lipinski definition) is 2. The number of nitrogens with one attached hydrogen (secondary N) is 1. The van der Waals surface area contributed by atoms with Crippen molar-refractivity contribution in [3.8, 4) is 0 Å². The SMILES string of the molecule is CCCCCC(CCC)CNS(=O)O. The van der Waals surface area contributed by atoms with Crippen molar-refractivity contribution in [3.63, 3.8) is 0 Å². The van der Waals surface area contributed by atoms with Crippen LogP contribution in [0.4, 0.5) is 0 Å². The molecule has 0 rings (SSSR count). The first-order valence-electron chi connectivity index (χ1n) is 5.55. The predicted molar refractivity (Wildman–Crippen MR) is 61.3 cm³/mol. The molecule has 2 N–H and O–H groups in total. The van der Waals surface area contributed by atoms with E-state index in [1.807, 2.05) is 0 Å². The summed E-state index contributed by atoms with van der Waals surface area (Å²) in [4.78, 5) is 0. The normalized spacial score (nSPS) is 15.4. The molecule has 0 heterocycles. The molecule has 0 aliphatic carbocycles. The maximum Gasteiger partial charge on any atom is 0.231 e. The minimum Gasteiger partial charge on any atom is -0.294 e. The molecule has 0 amide bonds. The Labute approximate surface area is 90.1 Å². The van der Waals surface area contributed by atoms with Crippen LogP contribution in [0.3, 0.4) is 0 Å². The second-order valence-corrected chi connectivity index (χ2v) is 4.54. The fourth-order valence-electron chi connectivity index (χ4n) is 1.63. The summed E-state index contributed by atoms with van der Waals surface area (Å²) in [6.07, 6.45) is 7.21. The fourth-order valence-corrected chi connectivity index (χ4v) is 2.01. The summed E-state index contributed by atoms with van der Waals surface area (Å²) in [5.41, 5.74) is 0. The topological polar surface area (TPSA) is 49.3 Å². The summed E-state index contributed by atoms with van der Waals surface area (Å²) in [6.45, 7) is 5.01. The van der Waals surface area contributed by atoms with Crippen LogP contribution in [-0.4, -0.2) is 15.3 Å². The van der Waals surface area contributed by atoms with Crippen LogP contribution in [-0.2, 0) is 11.3 Å². The summed E-state index contributed by atoms with van der Waals surface area (Å²) in [6, 6.07) is 0. The van der Waals surface area contributed by atoms with Crippen molar-refractivity contribution in [1.29, 1.82) is 0 Å². The highest BCUT2D eigenvalue weighted by molar-refractivity contribution is 7.77. The molecule has 14 heavy (non-hydrogen) atoms. The molecule has 2 unspecified atom stereocenters. The van der Waals surface area contributed by atoms with E-state index in [9.17, 15) is 4.21 Å². The molecule has 0 aliphatic heterocycles. The van der Waals surface area contributed by atoms with Gasteiger partial charge >= 0.3 is 0 Å². The van der Waals surface area contributed by atoms with E-state index in [1.54, 1.807) is 0 Å². The van der Waals surface area contributed by atoms with Crippen LogP contribution < -0.4 is 4.72 Å². The molecule has 0 radical (unpaired) electrons. The van der Waals surface area contributed by atoms with Crippen molar-refractivity contribution in [2.45, 2.75) is 52.4 Å². The van der Waals surface area contributed by atoms with Crippen LogP contribution in [0.15, 0.2) is 0 Å². The molecular formula is C10H23NO2S. The molecule has 0 spiro atoms. The van der Waals surface area contributed by atoms with E-state index >= 15 is 0 Å². The molecule has 0 bridgehead atoms. The maximum absolute atomic E-state index is 10.4. The summed E-state index contributed by atoms with van der Waals surface area (Å²) in [5.74, 6) is 0.558. The molecule has 0 aliphatic rings. The van der Waals surface area contributed by atoms with Crippen LogP contribution in [0.2, 0.25) is 0 Å². The Morgan fingerprint density at radius 2 is 1.93 bits per heavy atom. The van der Waals surface area contributed by atoms with Gasteiger partial charge in [-0.1, -0.05) is 39.5 Å². The van der Waals surface area contributed by atoms with E-state index in [-0.39, 0.29) is 0 Å². The van der Waals surface area contributed by atoms with Crippen molar-refractivity contribution in [2.24, 2.45) is 5.92 Å². The monoisotopic (exact) mass is 221 g/mol.